The first-order valence-corrected chi connectivity index (χ1v) is 9.70. The molecule has 0 saturated carbocycles. The molecular formula is C26H23NO3. The van der Waals surface area contributed by atoms with E-state index in [2.05, 4.69) is 5.32 Å². The number of nitrogens with one attached hydrogen (secondary N) is 1. The number of carbonyl (C=O) groups is 2. The van der Waals surface area contributed by atoms with E-state index in [9.17, 15) is 9.59 Å². The second kappa shape index (κ2) is 11.2. The minimum absolute atomic E-state index is 0.174. The molecule has 150 valence electrons. The van der Waals surface area contributed by atoms with E-state index in [0.717, 1.165) is 16.7 Å². The molecule has 30 heavy (non-hydrogen) atoms. The number of esters is 1. The second-order valence-corrected chi connectivity index (χ2v) is 6.57. The summed E-state index contributed by atoms with van der Waals surface area (Å²) in [6, 6.07) is 28.4. The van der Waals surface area contributed by atoms with Gasteiger partial charge in [-0.25, -0.2) is 4.79 Å². The average molecular weight is 397 g/mol. The third kappa shape index (κ3) is 6.91. The summed E-state index contributed by atoms with van der Waals surface area (Å²) in [7, 11) is 0. The maximum atomic E-state index is 12.3. The maximum Gasteiger partial charge on any atom is 0.331 e. The van der Waals surface area contributed by atoms with Gasteiger partial charge >= 0.3 is 5.97 Å². The van der Waals surface area contributed by atoms with Crippen molar-refractivity contribution < 1.29 is 14.3 Å². The summed E-state index contributed by atoms with van der Waals surface area (Å²) in [4.78, 5) is 24.5. The number of hydrogen-bond acceptors (Lipinski definition) is 3. The fraction of sp³-hybridized carbons (Fsp3) is 0.0769. The predicted molar refractivity (Wildman–Crippen MR) is 119 cm³/mol. The van der Waals surface area contributed by atoms with Crippen LogP contribution in [0.3, 0.4) is 0 Å². The van der Waals surface area contributed by atoms with Crippen molar-refractivity contribution in [3.63, 3.8) is 0 Å². The van der Waals surface area contributed by atoms with Crippen LogP contribution in [0.1, 0.15) is 22.8 Å². The summed E-state index contributed by atoms with van der Waals surface area (Å²) in [6.45, 7) is 0.174. The van der Waals surface area contributed by atoms with Gasteiger partial charge in [0.15, 0.2) is 0 Å². The number of rotatable bonds is 8. The average Bonchev–Trinajstić information content (AvgIpc) is 2.81. The van der Waals surface area contributed by atoms with E-state index >= 15 is 0 Å². The molecule has 0 aromatic heterocycles. The molecule has 0 aliphatic carbocycles. The lowest BCUT2D eigenvalue weighted by Crippen LogP contribution is -2.29. The summed E-state index contributed by atoms with van der Waals surface area (Å²) >= 11 is 0. The highest BCUT2D eigenvalue weighted by atomic mass is 16.5. The molecule has 3 aromatic carbocycles. The largest absolute Gasteiger partial charge is 0.452 e. The molecule has 0 fully saturated rings. The quantitative estimate of drug-likeness (QED) is 0.438. The highest BCUT2D eigenvalue weighted by Crippen LogP contribution is 2.17. The molecule has 4 nitrogen and oxygen atoms in total. The molecule has 1 amide bonds. The standard InChI is InChI=1S/C26H23NO3/c28-25(18-16-21-10-4-1-5-11-21)27-20-24(23-14-8-3-9-15-23)30-26(29)19-17-22-12-6-2-7-13-22/h1-19,24H,20H2,(H,27,28)/t24-/m0/s1. The SMILES string of the molecule is O=C(C=Cc1ccccc1)NC[C@H](OC(=O)C=Cc1ccccc1)c1ccccc1. The fourth-order valence-corrected chi connectivity index (χ4v) is 2.79. The molecule has 1 N–H and O–H groups in total. The van der Waals surface area contributed by atoms with Crippen LogP contribution in [0.4, 0.5) is 0 Å². The summed E-state index contributed by atoms with van der Waals surface area (Å²) in [5.74, 6) is -0.725. The lowest BCUT2D eigenvalue weighted by molar-refractivity contribution is -0.143. The van der Waals surface area contributed by atoms with E-state index in [1.54, 1.807) is 12.2 Å². The Morgan fingerprint density at radius 1 is 0.733 bits per heavy atom. The van der Waals surface area contributed by atoms with Crippen molar-refractivity contribution in [3.05, 3.63) is 120 Å². The number of hydrogen-bond donors (Lipinski definition) is 1. The van der Waals surface area contributed by atoms with Crippen LogP contribution < -0.4 is 5.32 Å². The third-order valence-corrected chi connectivity index (χ3v) is 4.33. The van der Waals surface area contributed by atoms with Crippen molar-refractivity contribution in [2.75, 3.05) is 6.54 Å². The van der Waals surface area contributed by atoms with Crippen LogP contribution in [0.5, 0.6) is 0 Å². The van der Waals surface area contributed by atoms with Gasteiger partial charge in [0.1, 0.15) is 6.10 Å². The van der Waals surface area contributed by atoms with Gasteiger partial charge in [-0.05, 0) is 28.8 Å². The molecule has 0 aliphatic heterocycles. The van der Waals surface area contributed by atoms with E-state index in [1.165, 1.54) is 12.2 Å². The van der Waals surface area contributed by atoms with Gasteiger partial charge in [-0.1, -0.05) is 91.0 Å². The number of amides is 1. The lowest BCUT2D eigenvalue weighted by atomic mass is 10.1. The third-order valence-electron chi connectivity index (χ3n) is 4.33. The summed E-state index contributed by atoms with van der Waals surface area (Å²) in [5.41, 5.74) is 2.65. The van der Waals surface area contributed by atoms with E-state index in [0.29, 0.717) is 0 Å². The zero-order chi connectivity index (χ0) is 21.0. The van der Waals surface area contributed by atoms with E-state index in [4.69, 9.17) is 4.74 Å². The smallest absolute Gasteiger partial charge is 0.331 e. The van der Waals surface area contributed by atoms with Crippen LogP contribution in [-0.2, 0) is 14.3 Å². The number of ether oxygens (including phenoxy) is 1. The summed E-state index contributed by atoms with van der Waals surface area (Å²) in [5, 5.41) is 2.80. The Morgan fingerprint density at radius 3 is 1.80 bits per heavy atom. The van der Waals surface area contributed by atoms with Gasteiger partial charge in [0.2, 0.25) is 5.91 Å². The molecule has 3 rings (SSSR count). The second-order valence-electron chi connectivity index (χ2n) is 6.57. The predicted octanol–water partition coefficient (Wildman–Crippen LogP) is 4.81. The van der Waals surface area contributed by atoms with E-state index < -0.39 is 12.1 Å². The van der Waals surface area contributed by atoms with Gasteiger partial charge in [0.05, 0.1) is 6.54 Å². The molecule has 0 bridgehead atoms. The molecule has 0 spiro atoms. The van der Waals surface area contributed by atoms with Crippen LogP contribution in [0.2, 0.25) is 0 Å². The Morgan fingerprint density at radius 2 is 1.23 bits per heavy atom. The molecule has 3 aromatic rings. The first kappa shape index (κ1) is 20.8. The number of benzene rings is 3. The van der Waals surface area contributed by atoms with Crippen molar-refractivity contribution in [1.29, 1.82) is 0 Å². The Bertz CT molecular complexity index is 996. The zero-order valence-electron chi connectivity index (χ0n) is 16.5. The minimum Gasteiger partial charge on any atom is -0.452 e. The van der Waals surface area contributed by atoms with E-state index in [-0.39, 0.29) is 12.5 Å². The fourth-order valence-electron chi connectivity index (χ4n) is 2.79. The first-order chi connectivity index (χ1) is 14.7. The summed E-state index contributed by atoms with van der Waals surface area (Å²) < 4.78 is 5.61. The molecule has 0 heterocycles. The monoisotopic (exact) mass is 397 g/mol. The van der Waals surface area contributed by atoms with Gasteiger partial charge in [0.25, 0.3) is 0 Å². The van der Waals surface area contributed by atoms with Crippen molar-refractivity contribution in [2.24, 2.45) is 0 Å². The molecule has 1 atom stereocenters. The van der Waals surface area contributed by atoms with Crippen molar-refractivity contribution in [1.82, 2.24) is 5.32 Å². The minimum atomic E-state index is -0.590. The first-order valence-electron chi connectivity index (χ1n) is 9.70. The normalized spacial score (nSPS) is 12.0. The Balaban J connectivity index is 1.61. The molecule has 0 unspecified atom stereocenters. The van der Waals surface area contributed by atoms with Crippen molar-refractivity contribution >= 4 is 24.0 Å². The van der Waals surface area contributed by atoms with Crippen molar-refractivity contribution in [3.8, 4) is 0 Å². The van der Waals surface area contributed by atoms with Gasteiger partial charge in [0, 0.05) is 12.2 Å². The number of carbonyl (C=O) groups excluding carboxylic acids is 2. The molecule has 0 saturated heterocycles. The molecule has 4 heteroatoms. The Kier molecular flexibility index (Phi) is 7.75. The van der Waals surface area contributed by atoms with Crippen LogP contribution >= 0.6 is 0 Å². The summed E-state index contributed by atoms with van der Waals surface area (Å²) in [6.07, 6.45) is 5.71. The highest BCUT2D eigenvalue weighted by Gasteiger charge is 2.16. The Labute approximate surface area is 176 Å². The van der Waals surface area contributed by atoms with Crippen molar-refractivity contribution in [2.45, 2.75) is 6.10 Å². The zero-order valence-corrected chi connectivity index (χ0v) is 16.5. The van der Waals surface area contributed by atoms with E-state index in [1.807, 2.05) is 91.0 Å². The molecule has 0 radical (unpaired) electrons. The lowest BCUT2D eigenvalue weighted by Gasteiger charge is -2.17. The van der Waals surface area contributed by atoms with Gasteiger partial charge < -0.3 is 10.1 Å². The van der Waals surface area contributed by atoms with Crippen LogP contribution in [0.25, 0.3) is 12.2 Å². The topological polar surface area (TPSA) is 55.4 Å². The Hall–Kier alpha value is -3.92. The van der Waals surface area contributed by atoms with Crippen LogP contribution in [-0.4, -0.2) is 18.4 Å². The highest BCUT2D eigenvalue weighted by molar-refractivity contribution is 5.91. The molecule has 0 aliphatic rings. The maximum absolute atomic E-state index is 12.3. The van der Waals surface area contributed by atoms with Crippen LogP contribution in [0, 0.1) is 0 Å². The molecular weight excluding hydrogens is 374 g/mol. The van der Waals surface area contributed by atoms with Gasteiger partial charge in [-0.15, -0.1) is 0 Å². The van der Waals surface area contributed by atoms with Gasteiger partial charge in [-0.3, -0.25) is 4.79 Å². The van der Waals surface area contributed by atoms with Gasteiger partial charge in [-0.2, -0.15) is 0 Å². The van der Waals surface area contributed by atoms with Crippen LogP contribution in [0.15, 0.2) is 103 Å².